The first-order chi connectivity index (χ1) is 13.9. The van der Waals surface area contributed by atoms with Crippen molar-refractivity contribution >= 4 is 52.2 Å². The number of nitrogens with zero attached hydrogens (tertiary/aromatic N) is 1. The van der Waals surface area contributed by atoms with Crippen molar-refractivity contribution in [2.45, 2.75) is 6.61 Å². The maximum absolute atomic E-state index is 12.4. The Morgan fingerprint density at radius 1 is 1.17 bits per heavy atom. The maximum atomic E-state index is 12.4. The minimum Gasteiger partial charge on any atom is -0.493 e. The van der Waals surface area contributed by atoms with E-state index in [1.54, 1.807) is 30.3 Å². The summed E-state index contributed by atoms with van der Waals surface area (Å²) in [5.74, 6) is 0.446. The molecule has 1 aliphatic heterocycles. The van der Waals surface area contributed by atoms with Gasteiger partial charge in [0.15, 0.2) is 11.5 Å². The van der Waals surface area contributed by atoms with Crippen LogP contribution in [-0.4, -0.2) is 29.7 Å². The quantitative estimate of drug-likeness (QED) is 0.394. The molecule has 3 rings (SSSR count). The number of imide groups is 1. The van der Waals surface area contributed by atoms with Crippen molar-refractivity contribution in [3.05, 3.63) is 75.1 Å². The van der Waals surface area contributed by atoms with E-state index in [1.807, 2.05) is 12.1 Å². The van der Waals surface area contributed by atoms with Crippen LogP contribution in [0.1, 0.15) is 11.1 Å². The summed E-state index contributed by atoms with van der Waals surface area (Å²) in [5, 5.41) is 0.642. The second kappa shape index (κ2) is 9.39. The Labute approximate surface area is 182 Å². The minimum absolute atomic E-state index is 0.170. The standard InChI is InChI=1S/C21H17Cl2NO4S/c1-3-8-24-20(25)18(29-21(24)26)11-14-9-16(23)19(17(10-14)27-2)28-12-13-4-6-15(22)7-5-13/h3-7,9-11H,1,8,12H2,2H3/b18-11+. The highest BCUT2D eigenvalue weighted by molar-refractivity contribution is 8.18. The number of hydrogen-bond donors (Lipinski definition) is 0. The molecule has 0 unspecified atom stereocenters. The number of benzene rings is 2. The molecule has 0 radical (unpaired) electrons. The van der Waals surface area contributed by atoms with Gasteiger partial charge in [0, 0.05) is 11.6 Å². The highest BCUT2D eigenvalue weighted by Crippen LogP contribution is 2.39. The average molecular weight is 450 g/mol. The van der Waals surface area contributed by atoms with E-state index >= 15 is 0 Å². The zero-order chi connectivity index (χ0) is 21.0. The monoisotopic (exact) mass is 449 g/mol. The molecule has 1 fully saturated rings. The maximum Gasteiger partial charge on any atom is 0.293 e. The largest absolute Gasteiger partial charge is 0.493 e. The Morgan fingerprint density at radius 2 is 1.90 bits per heavy atom. The molecule has 2 aromatic rings. The average Bonchev–Trinajstić information content (AvgIpc) is 2.96. The molecule has 2 amide bonds. The summed E-state index contributed by atoms with van der Waals surface area (Å²) in [6, 6.07) is 10.6. The molecular formula is C21H17Cl2NO4S. The fourth-order valence-electron chi connectivity index (χ4n) is 2.64. The van der Waals surface area contributed by atoms with Gasteiger partial charge >= 0.3 is 0 Å². The van der Waals surface area contributed by atoms with Gasteiger partial charge in [0.1, 0.15) is 6.61 Å². The number of methoxy groups -OCH3 is 1. The topological polar surface area (TPSA) is 55.8 Å². The fraction of sp³-hybridized carbons (Fsp3) is 0.143. The number of amides is 2. The zero-order valence-electron chi connectivity index (χ0n) is 15.5. The van der Waals surface area contributed by atoms with E-state index < -0.39 is 0 Å². The summed E-state index contributed by atoms with van der Waals surface area (Å²) in [6.45, 7) is 4.02. The Balaban J connectivity index is 1.83. The number of hydrogen-bond acceptors (Lipinski definition) is 5. The van der Waals surface area contributed by atoms with Gasteiger partial charge in [0.05, 0.1) is 17.0 Å². The van der Waals surface area contributed by atoms with Crippen LogP contribution in [0.15, 0.2) is 54.0 Å². The number of carbonyl (C=O) groups excluding carboxylic acids is 2. The van der Waals surface area contributed by atoms with Gasteiger partial charge in [-0.3, -0.25) is 14.5 Å². The number of ether oxygens (including phenoxy) is 2. The van der Waals surface area contributed by atoms with E-state index in [9.17, 15) is 9.59 Å². The zero-order valence-corrected chi connectivity index (χ0v) is 17.8. The number of carbonyl (C=O) groups is 2. The van der Waals surface area contributed by atoms with Gasteiger partial charge in [-0.15, -0.1) is 6.58 Å². The van der Waals surface area contributed by atoms with Gasteiger partial charge in [-0.1, -0.05) is 41.4 Å². The summed E-state index contributed by atoms with van der Waals surface area (Å²) in [6.07, 6.45) is 3.11. The van der Waals surface area contributed by atoms with Crippen LogP contribution < -0.4 is 9.47 Å². The molecule has 0 aromatic heterocycles. The summed E-state index contributed by atoms with van der Waals surface area (Å²) < 4.78 is 11.2. The van der Waals surface area contributed by atoms with Crippen LogP contribution in [0.5, 0.6) is 11.5 Å². The molecule has 0 atom stereocenters. The SMILES string of the molecule is C=CCN1C(=O)S/C(=C/c2cc(Cl)c(OCc3ccc(Cl)cc3)c(OC)c2)C1=O. The van der Waals surface area contributed by atoms with E-state index in [0.717, 1.165) is 22.2 Å². The van der Waals surface area contributed by atoms with Crippen LogP contribution in [-0.2, 0) is 11.4 Å². The molecule has 1 aliphatic rings. The summed E-state index contributed by atoms with van der Waals surface area (Å²) in [4.78, 5) is 25.8. The third-order valence-corrected chi connectivity index (χ3v) is 5.47. The summed E-state index contributed by atoms with van der Waals surface area (Å²) in [5.41, 5.74) is 1.54. The lowest BCUT2D eigenvalue weighted by Crippen LogP contribution is -2.27. The van der Waals surface area contributed by atoms with E-state index in [1.165, 1.54) is 13.2 Å². The number of rotatable bonds is 7. The Morgan fingerprint density at radius 3 is 2.55 bits per heavy atom. The van der Waals surface area contributed by atoms with Crippen molar-refractivity contribution in [3.63, 3.8) is 0 Å². The lowest BCUT2D eigenvalue weighted by molar-refractivity contribution is -0.122. The lowest BCUT2D eigenvalue weighted by atomic mass is 10.1. The Hall–Kier alpha value is -2.41. The first-order valence-electron chi connectivity index (χ1n) is 8.54. The van der Waals surface area contributed by atoms with Crippen LogP contribution in [0.3, 0.4) is 0 Å². The van der Waals surface area contributed by atoms with Gasteiger partial charge in [-0.05, 0) is 53.2 Å². The fourth-order valence-corrected chi connectivity index (χ4v) is 3.89. The molecule has 0 N–H and O–H groups in total. The van der Waals surface area contributed by atoms with Crippen molar-refractivity contribution in [3.8, 4) is 11.5 Å². The van der Waals surface area contributed by atoms with Crippen molar-refractivity contribution in [2.75, 3.05) is 13.7 Å². The van der Waals surface area contributed by atoms with Crippen molar-refractivity contribution in [1.82, 2.24) is 4.90 Å². The second-order valence-corrected chi connectivity index (χ2v) is 7.87. The predicted octanol–water partition coefficient (Wildman–Crippen LogP) is 5.80. The summed E-state index contributed by atoms with van der Waals surface area (Å²) in [7, 11) is 1.50. The van der Waals surface area contributed by atoms with Crippen LogP contribution in [0.2, 0.25) is 10.0 Å². The Kier molecular flexibility index (Phi) is 6.90. The molecule has 1 heterocycles. The van der Waals surface area contributed by atoms with Gasteiger partial charge in [0.2, 0.25) is 0 Å². The molecule has 5 nitrogen and oxygen atoms in total. The van der Waals surface area contributed by atoms with E-state index in [2.05, 4.69) is 6.58 Å². The molecular weight excluding hydrogens is 433 g/mol. The Bertz CT molecular complexity index is 989. The molecule has 0 aliphatic carbocycles. The second-order valence-electron chi connectivity index (χ2n) is 6.03. The third kappa shape index (κ3) is 4.96. The van der Waals surface area contributed by atoms with Crippen LogP contribution in [0, 0.1) is 0 Å². The highest BCUT2D eigenvalue weighted by Gasteiger charge is 2.34. The number of halogens is 2. The molecule has 150 valence electrons. The first-order valence-corrected chi connectivity index (χ1v) is 10.1. The smallest absolute Gasteiger partial charge is 0.293 e. The van der Waals surface area contributed by atoms with E-state index in [4.69, 9.17) is 32.7 Å². The third-order valence-electron chi connectivity index (χ3n) is 4.03. The van der Waals surface area contributed by atoms with Crippen LogP contribution in [0.25, 0.3) is 6.08 Å². The lowest BCUT2D eigenvalue weighted by Gasteiger charge is -2.13. The minimum atomic E-state index is -0.363. The van der Waals surface area contributed by atoms with Gasteiger partial charge < -0.3 is 9.47 Å². The molecule has 0 spiro atoms. The van der Waals surface area contributed by atoms with Crippen LogP contribution in [0.4, 0.5) is 4.79 Å². The van der Waals surface area contributed by atoms with Gasteiger partial charge in [-0.2, -0.15) is 0 Å². The first kappa shape index (κ1) is 21.3. The molecule has 2 aromatic carbocycles. The van der Waals surface area contributed by atoms with E-state index in [0.29, 0.717) is 32.0 Å². The van der Waals surface area contributed by atoms with Crippen LogP contribution >= 0.6 is 35.0 Å². The molecule has 0 saturated carbocycles. The molecule has 8 heteroatoms. The van der Waals surface area contributed by atoms with Crippen molar-refractivity contribution in [1.29, 1.82) is 0 Å². The molecule has 1 saturated heterocycles. The van der Waals surface area contributed by atoms with Gasteiger partial charge in [0.25, 0.3) is 11.1 Å². The molecule has 29 heavy (non-hydrogen) atoms. The number of thioether (sulfide) groups is 1. The highest BCUT2D eigenvalue weighted by atomic mass is 35.5. The van der Waals surface area contributed by atoms with E-state index in [-0.39, 0.29) is 24.3 Å². The molecule has 0 bridgehead atoms. The normalized spacial score (nSPS) is 15.1. The predicted molar refractivity (Wildman–Crippen MR) is 117 cm³/mol. The van der Waals surface area contributed by atoms with Crippen molar-refractivity contribution < 1.29 is 19.1 Å². The van der Waals surface area contributed by atoms with Gasteiger partial charge in [-0.25, -0.2) is 0 Å². The van der Waals surface area contributed by atoms with Crippen molar-refractivity contribution in [2.24, 2.45) is 0 Å². The summed E-state index contributed by atoms with van der Waals surface area (Å²) >= 11 is 13.2.